The normalized spacial score (nSPS) is 11.0. The number of nitrogens with zero attached hydrogens (tertiary/aromatic N) is 1. The molecule has 0 aliphatic heterocycles. The lowest BCUT2D eigenvalue weighted by Crippen LogP contribution is -2.13. The van der Waals surface area contributed by atoms with Crippen LogP contribution in [0.3, 0.4) is 0 Å². The monoisotopic (exact) mass is 259 g/mol. The minimum atomic E-state index is -0.775. The number of halogens is 3. The van der Waals surface area contributed by atoms with Crippen molar-refractivity contribution in [3.8, 4) is 0 Å². The third-order valence-corrected chi connectivity index (χ3v) is 3.10. The topological polar surface area (TPSA) is 12.9 Å². The summed E-state index contributed by atoms with van der Waals surface area (Å²) in [5, 5.41) is 0. The predicted molar refractivity (Wildman–Crippen MR) is 52.6 cm³/mol. The van der Waals surface area contributed by atoms with Crippen LogP contribution >= 0.6 is 27.3 Å². The van der Waals surface area contributed by atoms with Gasteiger partial charge in [0.2, 0.25) is 0 Å². The molecule has 0 spiro atoms. The second-order valence-electron chi connectivity index (χ2n) is 2.40. The van der Waals surface area contributed by atoms with E-state index >= 15 is 0 Å². The van der Waals surface area contributed by atoms with Crippen LogP contribution in [-0.4, -0.2) is 12.8 Å². The van der Waals surface area contributed by atoms with Crippen LogP contribution in [0.1, 0.15) is 0 Å². The summed E-state index contributed by atoms with van der Waals surface area (Å²) >= 11 is 4.17. The summed E-state index contributed by atoms with van der Waals surface area (Å²) < 4.78 is 26.9. The first-order valence-electron chi connectivity index (χ1n) is 3.29. The number of hydrogen-bond donors (Lipinski definition) is 0. The van der Waals surface area contributed by atoms with Gasteiger partial charge in [-0.2, -0.15) is 0 Å². The van der Waals surface area contributed by atoms with E-state index in [1.165, 1.54) is 0 Å². The lowest BCUT2D eigenvalue weighted by atomic mass is 9.95. The Kier molecular flexibility index (Phi) is 2.11. The van der Waals surface area contributed by atoms with Gasteiger partial charge >= 0.3 is 0 Å². The summed E-state index contributed by atoms with van der Waals surface area (Å²) in [7, 11) is 5.17. The van der Waals surface area contributed by atoms with Crippen LogP contribution in [0.4, 0.5) is 8.78 Å². The third kappa shape index (κ3) is 1.38. The Labute approximate surface area is 86.3 Å². The van der Waals surface area contributed by atoms with Crippen LogP contribution in [0.2, 0.25) is 0 Å². The predicted octanol–water partition coefficient (Wildman–Crippen LogP) is 2.13. The Hall–Kier alpha value is -0.485. The minimum Gasteiger partial charge on any atom is -0.229 e. The Morgan fingerprint density at radius 1 is 1.46 bits per heavy atom. The maximum atomic E-state index is 13.3. The first-order chi connectivity index (χ1) is 6.09. The average molecular weight is 260 g/mol. The zero-order chi connectivity index (χ0) is 9.59. The van der Waals surface area contributed by atoms with Crippen molar-refractivity contribution in [2.45, 2.75) is 0 Å². The van der Waals surface area contributed by atoms with Crippen molar-refractivity contribution in [1.82, 2.24) is 4.98 Å². The molecular formula is C7HBBrF2NS. The highest BCUT2D eigenvalue weighted by molar-refractivity contribution is 9.11. The van der Waals surface area contributed by atoms with E-state index in [1.807, 2.05) is 0 Å². The molecule has 6 heteroatoms. The van der Waals surface area contributed by atoms with Crippen molar-refractivity contribution in [1.29, 1.82) is 0 Å². The largest absolute Gasteiger partial charge is 0.229 e. The molecule has 0 unspecified atom stereocenters. The second kappa shape index (κ2) is 3.03. The van der Waals surface area contributed by atoms with Gasteiger partial charge in [0.05, 0.1) is 10.2 Å². The SMILES string of the molecule is [B]c1c(F)cc2nc(Br)sc2c1F. The molecule has 2 rings (SSSR count). The Balaban J connectivity index is 2.92. The maximum absolute atomic E-state index is 13.3. The van der Waals surface area contributed by atoms with E-state index in [1.54, 1.807) is 0 Å². The Bertz CT molecular complexity index is 485. The fraction of sp³-hybridized carbons (Fsp3) is 0. The zero-order valence-electron chi connectivity index (χ0n) is 6.14. The standard InChI is InChI=1S/C7HBBrF2NS/c8-4-2(10)1-3-6(5(4)11)13-7(9)12-3/h1H. The third-order valence-electron chi connectivity index (χ3n) is 1.58. The van der Waals surface area contributed by atoms with Crippen LogP contribution in [0.5, 0.6) is 0 Å². The van der Waals surface area contributed by atoms with E-state index in [0.717, 1.165) is 17.4 Å². The quantitative estimate of drug-likeness (QED) is 0.661. The summed E-state index contributed by atoms with van der Waals surface area (Å²) in [6.45, 7) is 0. The molecule has 0 fully saturated rings. The van der Waals surface area contributed by atoms with E-state index in [9.17, 15) is 8.78 Å². The van der Waals surface area contributed by atoms with Gasteiger partial charge in [-0.1, -0.05) is 0 Å². The number of benzene rings is 1. The molecule has 0 bridgehead atoms. The lowest BCUT2D eigenvalue weighted by molar-refractivity contribution is 0.607. The first kappa shape index (κ1) is 9.08. The summed E-state index contributed by atoms with van der Waals surface area (Å²) in [5.74, 6) is -1.51. The molecule has 0 saturated heterocycles. The van der Waals surface area contributed by atoms with Crippen LogP contribution < -0.4 is 5.46 Å². The molecule has 1 heterocycles. The van der Waals surface area contributed by atoms with Gasteiger partial charge in [0.1, 0.15) is 19.5 Å². The van der Waals surface area contributed by atoms with Crippen LogP contribution in [0.25, 0.3) is 10.2 Å². The average Bonchev–Trinajstić information content (AvgIpc) is 2.42. The van der Waals surface area contributed by atoms with Crippen molar-refractivity contribution in [3.05, 3.63) is 21.6 Å². The van der Waals surface area contributed by atoms with Gasteiger partial charge in [0, 0.05) is 6.07 Å². The lowest BCUT2D eigenvalue weighted by Gasteiger charge is -1.98. The van der Waals surface area contributed by atoms with E-state index in [0.29, 0.717) is 3.92 Å². The number of aromatic nitrogens is 1. The van der Waals surface area contributed by atoms with Gasteiger partial charge in [-0.15, -0.1) is 11.3 Å². The molecule has 64 valence electrons. The second-order valence-corrected chi connectivity index (χ2v) is 4.68. The van der Waals surface area contributed by atoms with Gasteiger partial charge in [0.15, 0.2) is 3.92 Å². The summed E-state index contributed by atoms with van der Waals surface area (Å²) in [5.41, 5.74) is -0.176. The molecular weight excluding hydrogens is 259 g/mol. The fourth-order valence-corrected chi connectivity index (χ4v) is 2.38. The molecule has 1 aromatic carbocycles. The molecule has 0 amide bonds. The fourth-order valence-electron chi connectivity index (χ4n) is 0.985. The Morgan fingerprint density at radius 3 is 2.85 bits per heavy atom. The first-order valence-corrected chi connectivity index (χ1v) is 4.90. The maximum Gasteiger partial charge on any atom is 0.160 e. The highest BCUT2D eigenvalue weighted by atomic mass is 79.9. The van der Waals surface area contributed by atoms with Gasteiger partial charge < -0.3 is 0 Å². The molecule has 2 aromatic rings. The highest BCUT2D eigenvalue weighted by Gasteiger charge is 2.12. The van der Waals surface area contributed by atoms with Crippen molar-refractivity contribution in [3.63, 3.8) is 0 Å². The Morgan fingerprint density at radius 2 is 2.15 bits per heavy atom. The summed E-state index contributed by atoms with van der Waals surface area (Å²) in [4.78, 5) is 3.88. The van der Waals surface area contributed by atoms with Gasteiger partial charge in [-0.05, 0) is 21.4 Å². The van der Waals surface area contributed by atoms with Crippen molar-refractivity contribution in [2.24, 2.45) is 0 Å². The smallest absolute Gasteiger partial charge is 0.160 e. The van der Waals surface area contributed by atoms with Gasteiger partial charge in [0.25, 0.3) is 0 Å². The van der Waals surface area contributed by atoms with Crippen LogP contribution in [-0.2, 0) is 0 Å². The number of thiazole rings is 1. The van der Waals surface area contributed by atoms with E-state index < -0.39 is 17.1 Å². The van der Waals surface area contributed by atoms with Gasteiger partial charge in [-0.25, -0.2) is 13.8 Å². The highest BCUT2D eigenvalue weighted by Crippen LogP contribution is 2.27. The minimum absolute atomic E-state index is 0.269. The van der Waals surface area contributed by atoms with Crippen LogP contribution in [0, 0.1) is 11.6 Å². The molecule has 0 atom stereocenters. The summed E-state index contributed by atoms with van der Waals surface area (Å²) in [6.07, 6.45) is 0. The van der Waals surface area contributed by atoms with Gasteiger partial charge in [-0.3, -0.25) is 0 Å². The van der Waals surface area contributed by atoms with Crippen molar-refractivity contribution < 1.29 is 8.78 Å². The molecule has 2 radical (unpaired) electrons. The van der Waals surface area contributed by atoms with E-state index in [2.05, 4.69) is 20.9 Å². The summed E-state index contributed by atoms with van der Waals surface area (Å²) in [6, 6.07) is 1.12. The molecule has 13 heavy (non-hydrogen) atoms. The van der Waals surface area contributed by atoms with Crippen LogP contribution in [0.15, 0.2) is 9.98 Å². The number of rotatable bonds is 0. The molecule has 1 aromatic heterocycles. The van der Waals surface area contributed by atoms with Crippen molar-refractivity contribution in [2.75, 3.05) is 0 Å². The van der Waals surface area contributed by atoms with Crippen molar-refractivity contribution >= 4 is 50.8 Å². The van der Waals surface area contributed by atoms with E-state index in [-0.39, 0.29) is 10.2 Å². The zero-order valence-corrected chi connectivity index (χ0v) is 8.55. The number of fused-ring (bicyclic) bond motifs is 1. The van der Waals surface area contributed by atoms with E-state index in [4.69, 9.17) is 7.85 Å². The molecule has 1 nitrogen and oxygen atoms in total. The molecule has 0 N–H and O–H groups in total. The number of hydrogen-bond acceptors (Lipinski definition) is 2. The molecule has 0 aliphatic carbocycles. The molecule has 0 aliphatic rings. The molecule has 0 saturated carbocycles.